The summed E-state index contributed by atoms with van der Waals surface area (Å²) in [6.45, 7) is 11.5. The van der Waals surface area contributed by atoms with Crippen LogP contribution in [0.15, 0.2) is 11.2 Å². The lowest BCUT2D eigenvalue weighted by molar-refractivity contribution is 0.273. The highest BCUT2D eigenvalue weighted by Gasteiger charge is 2.22. The second-order valence-corrected chi connectivity index (χ2v) is 7.01. The van der Waals surface area contributed by atoms with E-state index >= 15 is 0 Å². The van der Waals surface area contributed by atoms with Gasteiger partial charge in [0.2, 0.25) is 0 Å². The molecule has 0 spiro atoms. The van der Waals surface area contributed by atoms with Crippen molar-refractivity contribution < 1.29 is 0 Å². The van der Waals surface area contributed by atoms with E-state index in [0.717, 1.165) is 38.6 Å². The molecule has 1 unspecified atom stereocenters. The van der Waals surface area contributed by atoms with E-state index < -0.39 is 0 Å². The Bertz CT molecular complexity index is 477. The third kappa shape index (κ3) is 6.93. The standard InChI is InChI=1S/C16H29N5S.HI/c1-4-17-16(18-9-8-15-19-11-13(3)22-15)20-12-14-7-6-10-21(14)5-2;/h11,14H,4-10,12H2,1-3H3,(H2,17,18,20);1H. The maximum Gasteiger partial charge on any atom is 0.191 e. The zero-order valence-corrected chi connectivity index (χ0v) is 17.6. The fourth-order valence-electron chi connectivity index (χ4n) is 2.86. The molecule has 0 saturated carbocycles. The number of halogens is 1. The summed E-state index contributed by atoms with van der Waals surface area (Å²) in [6, 6.07) is 0.613. The zero-order valence-electron chi connectivity index (χ0n) is 14.5. The second-order valence-electron chi connectivity index (χ2n) is 5.69. The number of hydrogen-bond acceptors (Lipinski definition) is 4. The van der Waals surface area contributed by atoms with Gasteiger partial charge in [-0.1, -0.05) is 6.92 Å². The van der Waals surface area contributed by atoms with Gasteiger partial charge in [0.1, 0.15) is 0 Å². The van der Waals surface area contributed by atoms with Crippen LogP contribution in [-0.2, 0) is 6.42 Å². The van der Waals surface area contributed by atoms with Gasteiger partial charge in [-0.15, -0.1) is 35.3 Å². The first-order valence-corrected chi connectivity index (χ1v) is 9.22. The average molecular weight is 451 g/mol. The lowest BCUT2D eigenvalue weighted by Gasteiger charge is -2.21. The van der Waals surface area contributed by atoms with Gasteiger partial charge in [-0.05, 0) is 39.8 Å². The molecule has 132 valence electrons. The molecule has 23 heavy (non-hydrogen) atoms. The molecule has 7 heteroatoms. The molecule has 1 fully saturated rings. The average Bonchev–Trinajstić information content (AvgIpc) is 3.13. The van der Waals surface area contributed by atoms with Gasteiger partial charge in [-0.25, -0.2) is 4.98 Å². The second kappa shape index (κ2) is 11.2. The molecule has 1 atom stereocenters. The molecule has 1 aromatic heterocycles. The Morgan fingerprint density at radius 3 is 2.91 bits per heavy atom. The quantitative estimate of drug-likeness (QED) is 0.380. The Hall–Kier alpha value is -0.410. The summed E-state index contributed by atoms with van der Waals surface area (Å²) in [7, 11) is 0. The number of aromatic nitrogens is 1. The molecule has 1 saturated heterocycles. The number of likely N-dealkylation sites (tertiary alicyclic amines) is 1. The summed E-state index contributed by atoms with van der Waals surface area (Å²) in [5.74, 6) is 0.929. The number of thiazole rings is 1. The maximum atomic E-state index is 4.77. The fourth-order valence-corrected chi connectivity index (χ4v) is 3.65. The summed E-state index contributed by atoms with van der Waals surface area (Å²) >= 11 is 1.77. The summed E-state index contributed by atoms with van der Waals surface area (Å²) in [5, 5.41) is 7.95. The number of likely N-dealkylation sites (N-methyl/N-ethyl adjacent to an activating group) is 1. The largest absolute Gasteiger partial charge is 0.357 e. The molecule has 0 radical (unpaired) electrons. The maximum absolute atomic E-state index is 4.77. The van der Waals surface area contributed by atoms with Crippen LogP contribution >= 0.6 is 35.3 Å². The Morgan fingerprint density at radius 1 is 1.43 bits per heavy atom. The third-order valence-electron chi connectivity index (χ3n) is 4.01. The highest BCUT2D eigenvalue weighted by atomic mass is 127. The minimum Gasteiger partial charge on any atom is -0.357 e. The van der Waals surface area contributed by atoms with E-state index in [1.807, 2.05) is 6.20 Å². The molecule has 0 amide bonds. The van der Waals surface area contributed by atoms with Crippen molar-refractivity contribution in [3.63, 3.8) is 0 Å². The van der Waals surface area contributed by atoms with Crippen LogP contribution in [-0.4, -0.2) is 54.6 Å². The number of aliphatic imine (C=N–C) groups is 1. The minimum atomic E-state index is 0. The number of guanidine groups is 1. The van der Waals surface area contributed by atoms with Crippen LogP contribution in [0.5, 0.6) is 0 Å². The summed E-state index contributed by atoms with van der Waals surface area (Å²) in [6.07, 6.45) is 5.47. The van der Waals surface area contributed by atoms with Gasteiger partial charge in [0, 0.05) is 36.6 Å². The number of hydrogen-bond donors (Lipinski definition) is 2. The molecular weight excluding hydrogens is 421 g/mol. The Kier molecular flexibility index (Phi) is 10.0. The van der Waals surface area contributed by atoms with Crippen LogP contribution in [0.4, 0.5) is 0 Å². The Morgan fingerprint density at radius 2 is 2.26 bits per heavy atom. The van der Waals surface area contributed by atoms with Crippen LogP contribution in [0.1, 0.15) is 36.6 Å². The van der Waals surface area contributed by atoms with Crippen molar-refractivity contribution in [2.75, 3.05) is 32.7 Å². The van der Waals surface area contributed by atoms with Gasteiger partial charge in [0.15, 0.2) is 5.96 Å². The predicted molar refractivity (Wildman–Crippen MR) is 110 cm³/mol. The van der Waals surface area contributed by atoms with Crippen molar-refractivity contribution in [3.8, 4) is 0 Å². The van der Waals surface area contributed by atoms with E-state index in [0.29, 0.717) is 6.04 Å². The van der Waals surface area contributed by atoms with Crippen molar-refractivity contribution in [2.24, 2.45) is 4.99 Å². The van der Waals surface area contributed by atoms with Crippen molar-refractivity contribution in [2.45, 2.75) is 46.1 Å². The highest BCUT2D eigenvalue weighted by Crippen LogP contribution is 2.16. The Labute approximate surface area is 161 Å². The smallest absolute Gasteiger partial charge is 0.191 e. The molecule has 5 nitrogen and oxygen atoms in total. The summed E-state index contributed by atoms with van der Waals surface area (Å²) < 4.78 is 0. The lowest BCUT2D eigenvalue weighted by Crippen LogP contribution is -2.40. The first kappa shape index (κ1) is 20.6. The number of aryl methyl sites for hydroxylation is 1. The summed E-state index contributed by atoms with van der Waals surface area (Å²) in [5.41, 5.74) is 0. The van der Waals surface area contributed by atoms with E-state index in [-0.39, 0.29) is 24.0 Å². The molecule has 1 aromatic rings. The van der Waals surface area contributed by atoms with Crippen LogP contribution < -0.4 is 10.6 Å². The van der Waals surface area contributed by atoms with E-state index in [2.05, 4.69) is 41.3 Å². The van der Waals surface area contributed by atoms with E-state index in [1.54, 1.807) is 11.3 Å². The van der Waals surface area contributed by atoms with Gasteiger partial charge >= 0.3 is 0 Å². The molecule has 0 aromatic carbocycles. The van der Waals surface area contributed by atoms with Crippen molar-refractivity contribution >= 4 is 41.3 Å². The van der Waals surface area contributed by atoms with Crippen LogP contribution in [0.25, 0.3) is 0 Å². The first-order chi connectivity index (χ1) is 10.7. The lowest BCUT2D eigenvalue weighted by atomic mass is 10.2. The highest BCUT2D eigenvalue weighted by molar-refractivity contribution is 14.0. The van der Waals surface area contributed by atoms with Gasteiger partial charge < -0.3 is 10.6 Å². The van der Waals surface area contributed by atoms with Gasteiger partial charge in [-0.3, -0.25) is 9.89 Å². The first-order valence-electron chi connectivity index (χ1n) is 8.40. The van der Waals surface area contributed by atoms with E-state index in [1.165, 1.54) is 29.3 Å². The number of nitrogens with one attached hydrogen (secondary N) is 2. The van der Waals surface area contributed by atoms with Crippen molar-refractivity contribution in [1.29, 1.82) is 0 Å². The van der Waals surface area contributed by atoms with E-state index in [9.17, 15) is 0 Å². The Balaban J connectivity index is 0.00000264. The minimum absolute atomic E-state index is 0. The van der Waals surface area contributed by atoms with Crippen LogP contribution in [0.2, 0.25) is 0 Å². The molecule has 0 aliphatic carbocycles. The molecule has 2 rings (SSSR count). The predicted octanol–water partition coefficient (Wildman–Crippen LogP) is 2.65. The molecular formula is C16H30IN5S. The molecule has 1 aliphatic heterocycles. The third-order valence-corrected chi connectivity index (χ3v) is 4.98. The topological polar surface area (TPSA) is 52.6 Å². The van der Waals surface area contributed by atoms with E-state index in [4.69, 9.17) is 4.99 Å². The van der Waals surface area contributed by atoms with Crippen molar-refractivity contribution in [3.05, 3.63) is 16.1 Å². The molecule has 1 aliphatic rings. The number of nitrogens with zero attached hydrogens (tertiary/aromatic N) is 3. The fraction of sp³-hybridized carbons (Fsp3) is 0.750. The number of rotatable bonds is 7. The van der Waals surface area contributed by atoms with Gasteiger partial charge in [0.05, 0.1) is 11.6 Å². The summed E-state index contributed by atoms with van der Waals surface area (Å²) in [4.78, 5) is 13.0. The molecule has 0 bridgehead atoms. The SMILES string of the molecule is CCNC(=NCC1CCCN1CC)NCCc1ncc(C)s1.I. The zero-order chi connectivity index (χ0) is 15.8. The van der Waals surface area contributed by atoms with Gasteiger partial charge in [0.25, 0.3) is 0 Å². The van der Waals surface area contributed by atoms with Gasteiger partial charge in [-0.2, -0.15) is 0 Å². The monoisotopic (exact) mass is 451 g/mol. The van der Waals surface area contributed by atoms with Crippen LogP contribution in [0.3, 0.4) is 0 Å². The molecule has 2 N–H and O–H groups in total. The van der Waals surface area contributed by atoms with Crippen LogP contribution in [0, 0.1) is 6.92 Å². The molecule has 2 heterocycles. The van der Waals surface area contributed by atoms with Crippen molar-refractivity contribution in [1.82, 2.24) is 20.5 Å². The normalized spacial score (nSPS) is 18.7.